The van der Waals surface area contributed by atoms with Crippen molar-refractivity contribution < 1.29 is 19.4 Å². The number of rotatable bonds is 6. The van der Waals surface area contributed by atoms with E-state index in [4.69, 9.17) is 9.84 Å². The van der Waals surface area contributed by atoms with Crippen molar-refractivity contribution in [2.24, 2.45) is 0 Å². The highest BCUT2D eigenvalue weighted by Gasteiger charge is 2.24. The summed E-state index contributed by atoms with van der Waals surface area (Å²) in [4.78, 5) is 33.5. The number of ether oxygens (including phenoxy) is 1. The molecule has 1 unspecified atom stereocenters. The first kappa shape index (κ1) is 17.0. The number of carbonyl (C=O) groups is 2. The molecule has 1 amide bonds. The molecule has 130 valence electrons. The minimum atomic E-state index is -1.07. The van der Waals surface area contributed by atoms with Crippen LogP contribution in [0.2, 0.25) is 0 Å². The minimum Gasteiger partial charge on any atom is -0.478 e. The molecule has 1 saturated heterocycles. The van der Waals surface area contributed by atoms with Gasteiger partial charge in [0, 0.05) is 38.3 Å². The number of carboxylic acids is 1. The molecule has 3 heterocycles. The smallest absolute Gasteiger partial charge is 0.337 e. The molecule has 2 aromatic heterocycles. The Bertz CT molecular complexity index is 728. The van der Waals surface area contributed by atoms with Crippen molar-refractivity contribution in [2.75, 3.05) is 13.2 Å². The highest BCUT2D eigenvalue weighted by atomic mass is 16.5. The van der Waals surface area contributed by atoms with Crippen molar-refractivity contribution >= 4 is 11.9 Å². The molecular formula is C18H19N3O4. The Morgan fingerprint density at radius 2 is 2.04 bits per heavy atom. The maximum absolute atomic E-state index is 12.9. The van der Waals surface area contributed by atoms with Crippen LogP contribution in [0.25, 0.3) is 0 Å². The number of hydrogen-bond acceptors (Lipinski definition) is 5. The Balaban J connectivity index is 1.78. The third kappa shape index (κ3) is 4.39. The Morgan fingerprint density at radius 3 is 2.64 bits per heavy atom. The van der Waals surface area contributed by atoms with Gasteiger partial charge in [-0.25, -0.2) is 4.79 Å². The zero-order valence-electron chi connectivity index (χ0n) is 13.7. The Hall–Kier alpha value is -2.80. The molecular weight excluding hydrogens is 322 g/mol. The normalized spacial score (nSPS) is 16.6. The van der Waals surface area contributed by atoms with Crippen LogP contribution in [0, 0.1) is 0 Å². The third-order valence-corrected chi connectivity index (χ3v) is 4.09. The molecule has 0 aliphatic carbocycles. The van der Waals surface area contributed by atoms with Crippen LogP contribution in [0.5, 0.6) is 0 Å². The van der Waals surface area contributed by atoms with Gasteiger partial charge in [-0.2, -0.15) is 0 Å². The average molecular weight is 341 g/mol. The van der Waals surface area contributed by atoms with Crippen LogP contribution >= 0.6 is 0 Å². The van der Waals surface area contributed by atoms with Crippen molar-refractivity contribution in [1.82, 2.24) is 14.9 Å². The summed E-state index contributed by atoms with van der Waals surface area (Å²) in [7, 11) is 0. The molecule has 1 atom stereocenters. The summed E-state index contributed by atoms with van der Waals surface area (Å²) in [6, 6.07) is 6.55. The van der Waals surface area contributed by atoms with Gasteiger partial charge >= 0.3 is 5.97 Å². The van der Waals surface area contributed by atoms with Crippen LogP contribution in [0.1, 0.15) is 39.3 Å². The fourth-order valence-corrected chi connectivity index (χ4v) is 2.77. The van der Waals surface area contributed by atoms with E-state index in [0.717, 1.165) is 18.4 Å². The predicted octanol–water partition coefficient (Wildman–Crippen LogP) is 2.00. The van der Waals surface area contributed by atoms with Crippen LogP contribution in [-0.4, -0.2) is 51.1 Å². The fourth-order valence-electron chi connectivity index (χ4n) is 2.77. The topological polar surface area (TPSA) is 92.6 Å². The van der Waals surface area contributed by atoms with E-state index in [2.05, 4.69) is 9.97 Å². The molecule has 3 rings (SSSR count). The molecule has 1 aliphatic heterocycles. The molecule has 0 aromatic carbocycles. The quantitative estimate of drug-likeness (QED) is 0.864. The monoisotopic (exact) mass is 341 g/mol. The van der Waals surface area contributed by atoms with Gasteiger partial charge in [-0.05, 0) is 42.7 Å². The van der Waals surface area contributed by atoms with E-state index in [9.17, 15) is 9.59 Å². The lowest BCUT2D eigenvalue weighted by Gasteiger charge is -2.25. The molecule has 25 heavy (non-hydrogen) atoms. The van der Waals surface area contributed by atoms with E-state index >= 15 is 0 Å². The lowest BCUT2D eigenvalue weighted by atomic mass is 10.1. The summed E-state index contributed by atoms with van der Waals surface area (Å²) >= 11 is 0. The predicted molar refractivity (Wildman–Crippen MR) is 89.1 cm³/mol. The summed E-state index contributed by atoms with van der Waals surface area (Å²) in [6.07, 6.45) is 6.50. The molecule has 1 N–H and O–H groups in total. The average Bonchev–Trinajstić information content (AvgIpc) is 3.14. The number of carboxylic acid groups (broad SMARTS) is 1. The van der Waals surface area contributed by atoms with Gasteiger partial charge in [-0.15, -0.1) is 0 Å². The van der Waals surface area contributed by atoms with Gasteiger partial charge in [0.1, 0.15) is 5.69 Å². The first-order chi connectivity index (χ1) is 12.1. The van der Waals surface area contributed by atoms with Crippen LogP contribution in [-0.2, 0) is 11.3 Å². The van der Waals surface area contributed by atoms with E-state index in [1.807, 2.05) is 12.1 Å². The second kappa shape index (κ2) is 7.85. The van der Waals surface area contributed by atoms with Crippen LogP contribution in [0.3, 0.4) is 0 Å². The fraction of sp³-hybridized carbons (Fsp3) is 0.333. The molecule has 0 radical (unpaired) electrons. The first-order valence-electron chi connectivity index (χ1n) is 8.12. The van der Waals surface area contributed by atoms with Crippen molar-refractivity contribution in [3.63, 3.8) is 0 Å². The van der Waals surface area contributed by atoms with E-state index in [-0.39, 0.29) is 23.3 Å². The molecule has 0 saturated carbocycles. The molecule has 7 nitrogen and oxygen atoms in total. The SMILES string of the molecule is O=C(O)c1ccc(C(=O)N(Cc2ccncc2)CC2CCCO2)nc1. The Kier molecular flexibility index (Phi) is 5.35. The van der Waals surface area contributed by atoms with Gasteiger partial charge < -0.3 is 14.7 Å². The number of hydrogen-bond donors (Lipinski definition) is 1. The van der Waals surface area contributed by atoms with Crippen molar-refractivity contribution in [3.05, 3.63) is 59.7 Å². The van der Waals surface area contributed by atoms with Gasteiger partial charge in [0.2, 0.25) is 0 Å². The van der Waals surface area contributed by atoms with Gasteiger partial charge in [-0.1, -0.05) is 0 Å². The van der Waals surface area contributed by atoms with E-state index in [1.165, 1.54) is 18.3 Å². The van der Waals surface area contributed by atoms with Crippen LogP contribution in [0.4, 0.5) is 0 Å². The maximum atomic E-state index is 12.9. The summed E-state index contributed by atoms with van der Waals surface area (Å²) in [6.45, 7) is 1.61. The largest absolute Gasteiger partial charge is 0.478 e. The van der Waals surface area contributed by atoms with Crippen molar-refractivity contribution in [3.8, 4) is 0 Å². The molecule has 1 fully saturated rings. The van der Waals surface area contributed by atoms with E-state index in [1.54, 1.807) is 17.3 Å². The van der Waals surface area contributed by atoms with Crippen LogP contribution in [0.15, 0.2) is 42.9 Å². The molecule has 7 heteroatoms. The highest BCUT2D eigenvalue weighted by Crippen LogP contribution is 2.17. The molecule has 0 bridgehead atoms. The summed E-state index contributed by atoms with van der Waals surface area (Å²) < 4.78 is 5.65. The minimum absolute atomic E-state index is 0.0177. The number of aromatic nitrogens is 2. The van der Waals surface area contributed by atoms with E-state index < -0.39 is 5.97 Å². The third-order valence-electron chi connectivity index (χ3n) is 4.09. The number of amides is 1. The highest BCUT2D eigenvalue weighted by molar-refractivity contribution is 5.93. The maximum Gasteiger partial charge on any atom is 0.337 e. The van der Waals surface area contributed by atoms with Crippen molar-refractivity contribution in [1.29, 1.82) is 0 Å². The van der Waals surface area contributed by atoms with Gasteiger partial charge in [0.25, 0.3) is 5.91 Å². The zero-order chi connectivity index (χ0) is 17.6. The number of aromatic carboxylic acids is 1. The lowest BCUT2D eigenvalue weighted by Crippen LogP contribution is -2.37. The lowest BCUT2D eigenvalue weighted by molar-refractivity contribution is 0.0502. The Morgan fingerprint density at radius 1 is 1.24 bits per heavy atom. The van der Waals surface area contributed by atoms with Crippen molar-refractivity contribution in [2.45, 2.75) is 25.5 Å². The second-order valence-corrected chi connectivity index (χ2v) is 5.91. The molecule has 1 aliphatic rings. The summed E-state index contributed by atoms with van der Waals surface area (Å²) in [5.74, 6) is -1.32. The second-order valence-electron chi connectivity index (χ2n) is 5.91. The van der Waals surface area contributed by atoms with Gasteiger partial charge in [0.05, 0.1) is 11.7 Å². The van der Waals surface area contributed by atoms with Crippen LogP contribution < -0.4 is 0 Å². The van der Waals surface area contributed by atoms with E-state index in [0.29, 0.717) is 19.7 Å². The standard InChI is InChI=1S/C18H19N3O4/c22-17(16-4-3-14(10-20-16)18(23)24)21(12-15-2-1-9-25-15)11-13-5-7-19-8-6-13/h3-8,10,15H,1-2,9,11-12H2,(H,23,24). The number of nitrogens with zero attached hydrogens (tertiary/aromatic N) is 3. The number of carbonyl (C=O) groups excluding carboxylic acids is 1. The summed E-state index contributed by atoms with van der Waals surface area (Å²) in [5.41, 5.74) is 1.23. The number of pyridine rings is 2. The van der Waals surface area contributed by atoms with Gasteiger partial charge in [0.15, 0.2) is 0 Å². The molecule has 0 spiro atoms. The summed E-state index contributed by atoms with van der Waals surface area (Å²) in [5, 5.41) is 8.95. The van der Waals surface area contributed by atoms with Gasteiger partial charge in [-0.3, -0.25) is 14.8 Å². The zero-order valence-corrected chi connectivity index (χ0v) is 13.7. The molecule has 2 aromatic rings. The Labute approximate surface area is 145 Å². The first-order valence-corrected chi connectivity index (χ1v) is 8.12.